The molecule has 3 N–H and O–H groups in total. The normalized spacial score (nSPS) is 12.2. The van der Waals surface area contributed by atoms with E-state index in [2.05, 4.69) is 20.8 Å². The summed E-state index contributed by atoms with van der Waals surface area (Å²) in [4.78, 5) is 25.2. The number of hydrogen-bond donors (Lipinski definition) is 3. The second kappa shape index (κ2) is 7.39. The molecule has 0 aliphatic heterocycles. The van der Waals surface area contributed by atoms with E-state index in [4.69, 9.17) is 0 Å². The average molecular weight is 350 g/mol. The van der Waals surface area contributed by atoms with E-state index in [1.54, 1.807) is 24.4 Å². The Morgan fingerprint density at radius 1 is 1.08 bits per heavy atom. The highest BCUT2D eigenvalue weighted by atomic mass is 16.2. The molecule has 0 bridgehead atoms. The number of anilines is 1. The van der Waals surface area contributed by atoms with Gasteiger partial charge in [0, 0.05) is 16.6 Å². The van der Waals surface area contributed by atoms with Gasteiger partial charge in [0.1, 0.15) is 6.04 Å². The van der Waals surface area contributed by atoms with Crippen molar-refractivity contribution in [2.24, 2.45) is 5.92 Å². The fraction of sp³-hybridized carbons (Fsp3) is 0.250. The molecular formula is C20H22N4O2. The van der Waals surface area contributed by atoms with Crippen molar-refractivity contribution in [2.75, 3.05) is 5.32 Å². The molecule has 1 atom stereocenters. The Morgan fingerprint density at radius 2 is 1.81 bits per heavy atom. The van der Waals surface area contributed by atoms with Crippen LogP contribution in [-0.2, 0) is 4.79 Å². The van der Waals surface area contributed by atoms with Crippen molar-refractivity contribution in [1.82, 2.24) is 15.5 Å². The Hall–Kier alpha value is -3.15. The zero-order chi connectivity index (χ0) is 18.7. The predicted octanol–water partition coefficient (Wildman–Crippen LogP) is 3.26. The average Bonchev–Trinajstić information content (AvgIpc) is 3.07. The lowest BCUT2D eigenvalue weighted by Gasteiger charge is -2.22. The first-order valence-corrected chi connectivity index (χ1v) is 8.55. The number of fused-ring (bicyclic) bond motifs is 1. The molecule has 1 aromatic heterocycles. The van der Waals surface area contributed by atoms with Crippen LogP contribution in [-0.4, -0.2) is 28.1 Å². The first kappa shape index (κ1) is 17.7. The number of nitrogens with zero attached hydrogens (tertiary/aromatic N) is 1. The van der Waals surface area contributed by atoms with Crippen LogP contribution in [0.5, 0.6) is 0 Å². The number of rotatable bonds is 5. The zero-order valence-corrected chi connectivity index (χ0v) is 15.0. The fourth-order valence-corrected chi connectivity index (χ4v) is 2.70. The Morgan fingerprint density at radius 3 is 2.50 bits per heavy atom. The molecule has 3 rings (SSSR count). The van der Waals surface area contributed by atoms with Crippen LogP contribution in [0, 0.1) is 12.8 Å². The smallest absolute Gasteiger partial charge is 0.251 e. The lowest BCUT2D eigenvalue weighted by Crippen LogP contribution is -2.47. The summed E-state index contributed by atoms with van der Waals surface area (Å²) in [5, 5.41) is 13.5. The second-order valence-electron chi connectivity index (χ2n) is 6.72. The van der Waals surface area contributed by atoms with E-state index < -0.39 is 6.04 Å². The number of carbonyl (C=O) groups is 2. The van der Waals surface area contributed by atoms with E-state index in [9.17, 15) is 9.59 Å². The third kappa shape index (κ3) is 3.91. The van der Waals surface area contributed by atoms with Gasteiger partial charge >= 0.3 is 0 Å². The number of carbonyl (C=O) groups excluding carboxylic acids is 2. The van der Waals surface area contributed by atoms with E-state index in [1.807, 2.05) is 45.0 Å². The minimum Gasteiger partial charge on any atom is -0.340 e. The molecule has 0 radical (unpaired) electrons. The predicted molar refractivity (Wildman–Crippen MR) is 102 cm³/mol. The second-order valence-corrected chi connectivity index (χ2v) is 6.72. The standard InChI is InChI=1S/C20H22N4O2/c1-12(2)18(23-19(25)14-6-4-13(3)5-7-14)20(26)22-16-8-9-17-15(10-16)11-21-24-17/h4-12,18H,1-3H3,(H,21,24)(H,22,26)(H,23,25)/t18-/m1/s1. The molecule has 1 heterocycles. The molecule has 134 valence electrons. The molecule has 0 fully saturated rings. The van der Waals surface area contributed by atoms with Gasteiger partial charge in [-0.2, -0.15) is 5.10 Å². The van der Waals surface area contributed by atoms with Crippen LogP contribution < -0.4 is 10.6 Å². The fourth-order valence-electron chi connectivity index (χ4n) is 2.70. The summed E-state index contributed by atoms with van der Waals surface area (Å²) in [6, 6.07) is 12.1. The van der Waals surface area contributed by atoms with Crippen LogP contribution in [0.1, 0.15) is 29.8 Å². The van der Waals surface area contributed by atoms with Gasteiger partial charge in [-0.05, 0) is 43.2 Å². The van der Waals surface area contributed by atoms with Crippen LogP contribution in [0.4, 0.5) is 5.69 Å². The van der Waals surface area contributed by atoms with Gasteiger partial charge in [0.05, 0.1) is 11.7 Å². The lowest BCUT2D eigenvalue weighted by atomic mass is 10.0. The van der Waals surface area contributed by atoms with Gasteiger partial charge in [-0.1, -0.05) is 31.5 Å². The minimum absolute atomic E-state index is 0.0537. The third-order valence-electron chi connectivity index (χ3n) is 4.26. The van der Waals surface area contributed by atoms with Crippen molar-refractivity contribution >= 4 is 28.4 Å². The highest BCUT2D eigenvalue weighted by molar-refractivity contribution is 6.02. The van der Waals surface area contributed by atoms with Crippen LogP contribution in [0.2, 0.25) is 0 Å². The monoisotopic (exact) mass is 350 g/mol. The molecular weight excluding hydrogens is 328 g/mol. The van der Waals surface area contributed by atoms with Crippen LogP contribution in [0.25, 0.3) is 10.9 Å². The molecule has 0 unspecified atom stereocenters. The summed E-state index contributed by atoms with van der Waals surface area (Å²) in [5.74, 6) is -0.561. The highest BCUT2D eigenvalue weighted by Gasteiger charge is 2.24. The Bertz CT molecular complexity index is 928. The third-order valence-corrected chi connectivity index (χ3v) is 4.26. The SMILES string of the molecule is Cc1ccc(C(=O)N[C@@H](C(=O)Nc2ccc3[nH]ncc3c2)C(C)C)cc1. The number of benzene rings is 2. The zero-order valence-electron chi connectivity index (χ0n) is 15.0. The van der Waals surface area contributed by atoms with Crippen LogP contribution in [0.3, 0.4) is 0 Å². The number of H-pyrrole nitrogens is 1. The number of aromatic amines is 1. The summed E-state index contributed by atoms with van der Waals surface area (Å²) >= 11 is 0. The van der Waals surface area contributed by atoms with Crippen molar-refractivity contribution in [3.63, 3.8) is 0 Å². The molecule has 0 aliphatic carbocycles. The number of aryl methyl sites for hydroxylation is 1. The maximum atomic E-state index is 12.7. The van der Waals surface area contributed by atoms with E-state index in [0.717, 1.165) is 16.5 Å². The van der Waals surface area contributed by atoms with E-state index in [1.165, 1.54) is 0 Å². The number of aromatic nitrogens is 2. The van der Waals surface area contributed by atoms with Gasteiger partial charge in [-0.25, -0.2) is 0 Å². The minimum atomic E-state index is -0.635. The molecule has 6 nitrogen and oxygen atoms in total. The van der Waals surface area contributed by atoms with Gasteiger partial charge in [0.25, 0.3) is 5.91 Å². The van der Waals surface area contributed by atoms with Crippen molar-refractivity contribution in [3.05, 3.63) is 59.8 Å². The van der Waals surface area contributed by atoms with Crippen LogP contribution >= 0.6 is 0 Å². The largest absolute Gasteiger partial charge is 0.340 e. The van der Waals surface area contributed by atoms with Crippen LogP contribution in [0.15, 0.2) is 48.7 Å². The van der Waals surface area contributed by atoms with E-state index in [0.29, 0.717) is 11.3 Å². The quantitative estimate of drug-likeness (QED) is 0.660. The summed E-state index contributed by atoms with van der Waals surface area (Å²) in [6.45, 7) is 5.76. The Balaban J connectivity index is 1.72. The first-order valence-electron chi connectivity index (χ1n) is 8.55. The molecule has 0 saturated heterocycles. The van der Waals surface area contributed by atoms with Gasteiger partial charge in [-0.15, -0.1) is 0 Å². The molecule has 26 heavy (non-hydrogen) atoms. The number of hydrogen-bond acceptors (Lipinski definition) is 3. The first-order chi connectivity index (χ1) is 12.4. The molecule has 3 aromatic rings. The van der Waals surface area contributed by atoms with Gasteiger partial charge in [-0.3, -0.25) is 14.7 Å². The Labute approximate surface area is 152 Å². The topological polar surface area (TPSA) is 86.9 Å². The molecule has 0 spiro atoms. The summed E-state index contributed by atoms with van der Waals surface area (Å²) in [6.07, 6.45) is 1.70. The maximum Gasteiger partial charge on any atom is 0.251 e. The van der Waals surface area contributed by atoms with E-state index in [-0.39, 0.29) is 17.7 Å². The molecule has 2 aromatic carbocycles. The summed E-state index contributed by atoms with van der Waals surface area (Å²) < 4.78 is 0. The highest BCUT2D eigenvalue weighted by Crippen LogP contribution is 2.17. The van der Waals surface area contributed by atoms with Gasteiger partial charge in [0.15, 0.2) is 0 Å². The van der Waals surface area contributed by atoms with Crippen molar-refractivity contribution in [1.29, 1.82) is 0 Å². The molecule has 6 heteroatoms. The number of amides is 2. The van der Waals surface area contributed by atoms with Crippen molar-refractivity contribution in [3.8, 4) is 0 Å². The molecule has 0 saturated carbocycles. The van der Waals surface area contributed by atoms with Crippen molar-refractivity contribution < 1.29 is 9.59 Å². The van der Waals surface area contributed by atoms with Crippen molar-refractivity contribution in [2.45, 2.75) is 26.8 Å². The summed E-state index contributed by atoms with van der Waals surface area (Å²) in [5.41, 5.74) is 3.18. The molecule has 0 aliphatic rings. The lowest BCUT2D eigenvalue weighted by molar-refractivity contribution is -0.118. The van der Waals surface area contributed by atoms with Gasteiger partial charge < -0.3 is 10.6 Å². The van der Waals surface area contributed by atoms with E-state index >= 15 is 0 Å². The number of nitrogens with one attached hydrogen (secondary N) is 3. The molecule has 2 amide bonds. The Kier molecular flexibility index (Phi) is 5.02. The summed E-state index contributed by atoms with van der Waals surface area (Å²) in [7, 11) is 0. The maximum absolute atomic E-state index is 12.7. The van der Waals surface area contributed by atoms with Gasteiger partial charge in [0.2, 0.25) is 5.91 Å².